The second-order valence-corrected chi connectivity index (χ2v) is 5.96. The third kappa shape index (κ3) is 4.89. The molecule has 0 saturated carbocycles. The van der Waals surface area contributed by atoms with Crippen LogP contribution in [0.4, 0.5) is 11.4 Å². The van der Waals surface area contributed by atoms with Crippen molar-refractivity contribution in [3.05, 3.63) is 57.1 Å². The highest BCUT2D eigenvalue weighted by molar-refractivity contribution is 6.31. The minimum atomic E-state index is -1.24. The number of ether oxygens (including phenoxy) is 3. The monoisotopic (exact) mass is 408 g/mol. The van der Waals surface area contributed by atoms with Crippen molar-refractivity contribution >= 4 is 34.9 Å². The smallest absolute Gasteiger partial charge is 0.342 e. The second-order valence-electron chi connectivity index (χ2n) is 5.52. The number of carbonyl (C=O) groups excluding carboxylic acids is 2. The summed E-state index contributed by atoms with van der Waals surface area (Å²) in [5.41, 5.74) is -0.369. The highest BCUT2D eigenvalue weighted by Crippen LogP contribution is 2.29. The lowest BCUT2D eigenvalue weighted by Crippen LogP contribution is -2.30. The van der Waals surface area contributed by atoms with Crippen LogP contribution in [-0.2, 0) is 9.53 Å². The fourth-order valence-corrected chi connectivity index (χ4v) is 2.42. The van der Waals surface area contributed by atoms with Crippen molar-refractivity contribution in [2.45, 2.75) is 13.0 Å². The molecule has 0 aliphatic rings. The van der Waals surface area contributed by atoms with Gasteiger partial charge in [-0.3, -0.25) is 14.9 Å². The molecule has 0 heterocycles. The number of halogens is 1. The highest BCUT2D eigenvalue weighted by Gasteiger charge is 2.24. The minimum Gasteiger partial charge on any atom is -0.496 e. The molecule has 0 bridgehead atoms. The Morgan fingerprint density at radius 3 is 2.46 bits per heavy atom. The van der Waals surface area contributed by atoms with E-state index in [0.29, 0.717) is 5.02 Å². The van der Waals surface area contributed by atoms with E-state index in [1.807, 2.05) is 0 Å². The summed E-state index contributed by atoms with van der Waals surface area (Å²) in [5.74, 6) is -1.08. The van der Waals surface area contributed by atoms with Crippen molar-refractivity contribution in [3.63, 3.8) is 0 Å². The average Bonchev–Trinajstić information content (AvgIpc) is 2.67. The van der Waals surface area contributed by atoms with Gasteiger partial charge in [-0.1, -0.05) is 11.6 Å². The van der Waals surface area contributed by atoms with Crippen LogP contribution in [-0.4, -0.2) is 37.1 Å². The van der Waals surface area contributed by atoms with Crippen molar-refractivity contribution in [2.75, 3.05) is 19.5 Å². The number of nitro benzene ring substituents is 1. The van der Waals surface area contributed by atoms with E-state index in [4.69, 9.17) is 25.8 Å². The van der Waals surface area contributed by atoms with E-state index in [1.165, 1.54) is 57.5 Å². The highest BCUT2D eigenvalue weighted by atomic mass is 35.5. The van der Waals surface area contributed by atoms with Gasteiger partial charge in [0.1, 0.15) is 22.7 Å². The summed E-state index contributed by atoms with van der Waals surface area (Å²) in [6.45, 7) is 1.33. The van der Waals surface area contributed by atoms with Crippen molar-refractivity contribution < 1.29 is 28.7 Å². The molecule has 28 heavy (non-hydrogen) atoms. The number of anilines is 1. The van der Waals surface area contributed by atoms with Crippen LogP contribution in [0.5, 0.6) is 11.5 Å². The largest absolute Gasteiger partial charge is 0.496 e. The number of amides is 1. The standard InChI is InChI=1S/C18H17ClN2O7/c1-10(28-18(23)13-8-11(19)4-7-16(13)27-3)17(22)20-14-6-5-12(26-2)9-15(14)21(24)25/h4-10H,1-3H3,(H,20,22)/t10-/m0/s1. The normalized spacial score (nSPS) is 11.3. The Morgan fingerprint density at radius 2 is 1.86 bits per heavy atom. The van der Waals surface area contributed by atoms with Crippen LogP contribution in [0.15, 0.2) is 36.4 Å². The third-order valence-electron chi connectivity index (χ3n) is 3.69. The summed E-state index contributed by atoms with van der Waals surface area (Å²) in [4.78, 5) is 35.2. The first-order valence-electron chi connectivity index (χ1n) is 7.94. The Kier molecular flexibility index (Phi) is 6.78. The third-order valence-corrected chi connectivity index (χ3v) is 3.93. The molecule has 0 radical (unpaired) electrons. The number of nitrogens with one attached hydrogen (secondary N) is 1. The summed E-state index contributed by atoms with van der Waals surface area (Å²) in [5, 5.41) is 13.9. The molecular formula is C18H17ClN2O7. The SMILES string of the molecule is COc1ccc(NC(=O)[C@H](C)OC(=O)c2cc(Cl)ccc2OC)c([N+](=O)[O-])c1. The fourth-order valence-electron chi connectivity index (χ4n) is 2.25. The zero-order chi connectivity index (χ0) is 20.8. The molecule has 2 aromatic carbocycles. The summed E-state index contributed by atoms with van der Waals surface area (Å²) in [6.07, 6.45) is -1.24. The number of hydrogen-bond acceptors (Lipinski definition) is 7. The van der Waals surface area contributed by atoms with Crippen LogP contribution in [0.1, 0.15) is 17.3 Å². The molecule has 0 aromatic heterocycles. The van der Waals surface area contributed by atoms with Crippen LogP contribution in [0, 0.1) is 10.1 Å². The Labute approximate surface area is 165 Å². The predicted molar refractivity (Wildman–Crippen MR) is 101 cm³/mol. The summed E-state index contributed by atoms with van der Waals surface area (Å²) in [6, 6.07) is 8.32. The van der Waals surface area contributed by atoms with Crippen molar-refractivity contribution in [1.29, 1.82) is 0 Å². The molecule has 1 N–H and O–H groups in total. The van der Waals surface area contributed by atoms with Crippen LogP contribution >= 0.6 is 11.6 Å². The quantitative estimate of drug-likeness (QED) is 0.423. The van der Waals surface area contributed by atoms with Gasteiger partial charge in [0.2, 0.25) is 0 Å². The Morgan fingerprint density at radius 1 is 1.14 bits per heavy atom. The Bertz CT molecular complexity index is 917. The topological polar surface area (TPSA) is 117 Å². The fraction of sp³-hybridized carbons (Fsp3) is 0.222. The molecule has 9 nitrogen and oxygen atoms in total. The number of methoxy groups -OCH3 is 2. The zero-order valence-electron chi connectivity index (χ0n) is 15.2. The molecule has 2 aromatic rings. The molecule has 148 valence electrons. The lowest BCUT2D eigenvalue weighted by atomic mass is 10.2. The first-order chi connectivity index (χ1) is 13.3. The maximum Gasteiger partial charge on any atom is 0.342 e. The average molecular weight is 409 g/mol. The van der Waals surface area contributed by atoms with Gasteiger partial charge in [0.15, 0.2) is 6.10 Å². The van der Waals surface area contributed by atoms with E-state index in [9.17, 15) is 19.7 Å². The van der Waals surface area contributed by atoms with E-state index in [2.05, 4.69) is 5.32 Å². The van der Waals surface area contributed by atoms with E-state index in [-0.39, 0.29) is 28.4 Å². The number of rotatable bonds is 7. The Balaban J connectivity index is 2.15. The van der Waals surface area contributed by atoms with Crippen molar-refractivity contribution in [3.8, 4) is 11.5 Å². The predicted octanol–water partition coefficient (Wildman–Crippen LogP) is 3.45. The lowest BCUT2D eigenvalue weighted by molar-refractivity contribution is -0.384. The number of carbonyl (C=O) groups is 2. The molecule has 2 rings (SSSR count). The number of nitro groups is 1. The number of esters is 1. The molecule has 0 saturated heterocycles. The lowest BCUT2D eigenvalue weighted by Gasteiger charge is -2.15. The van der Waals surface area contributed by atoms with E-state index < -0.39 is 22.9 Å². The van der Waals surface area contributed by atoms with Crippen molar-refractivity contribution in [2.24, 2.45) is 0 Å². The molecular weight excluding hydrogens is 392 g/mol. The second kappa shape index (κ2) is 9.05. The molecule has 0 aliphatic heterocycles. The van der Waals surface area contributed by atoms with Gasteiger partial charge in [0, 0.05) is 5.02 Å². The molecule has 10 heteroatoms. The van der Waals surface area contributed by atoms with Gasteiger partial charge < -0.3 is 19.5 Å². The van der Waals surface area contributed by atoms with Gasteiger partial charge in [-0.05, 0) is 37.3 Å². The van der Waals surface area contributed by atoms with E-state index >= 15 is 0 Å². The van der Waals surface area contributed by atoms with Gasteiger partial charge in [-0.15, -0.1) is 0 Å². The van der Waals surface area contributed by atoms with Crippen LogP contribution < -0.4 is 14.8 Å². The summed E-state index contributed by atoms with van der Waals surface area (Å²) >= 11 is 5.88. The number of hydrogen-bond donors (Lipinski definition) is 1. The van der Waals surface area contributed by atoms with Crippen LogP contribution in [0.3, 0.4) is 0 Å². The summed E-state index contributed by atoms with van der Waals surface area (Å²) < 4.78 is 15.1. The zero-order valence-corrected chi connectivity index (χ0v) is 16.0. The molecule has 0 fully saturated rings. The van der Waals surface area contributed by atoms with E-state index in [0.717, 1.165) is 0 Å². The number of benzene rings is 2. The van der Waals surface area contributed by atoms with Gasteiger partial charge >= 0.3 is 5.97 Å². The molecule has 0 spiro atoms. The Hall–Kier alpha value is -3.33. The van der Waals surface area contributed by atoms with Crippen LogP contribution in [0.25, 0.3) is 0 Å². The number of nitrogens with zero attached hydrogens (tertiary/aromatic N) is 1. The molecule has 0 unspecified atom stereocenters. The van der Waals surface area contributed by atoms with Crippen molar-refractivity contribution in [1.82, 2.24) is 0 Å². The summed E-state index contributed by atoms with van der Waals surface area (Å²) in [7, 11) is 2.74. The maximum atomic E-state index is 12.3. The first-order valence-corrected chi connectivity index (χ1v) is 8.32. The molecule has 0 aliphatic carbocycles. The van der Waals surface area contributed by atoms with Gasteiger partial charge in [0.05, 0.1) is 25.2 Å². The van der Waals surface area contributed by atoms with Gasteiger partial charge in [0.25, 0.3) is 11.6 Å². The molecule has 1 atom stereocenters. The first kappa shape index (κ1) is 21.0. The van der Waals surface area contributed by atoms with E-state index in [1.54, 1.807) is 0 Å². The molecule has 1 amide bonds. The van der Waals surface area contributed by atoms with Gasteiger partial charge in [-0.25, -0.2) is 4.79 Å². The maximum absolute atomic E-state index is 12.3. The minimum absolute atomic E-state index is 0.0464. The van der Waals surface area contributed by atoms with Crippen LogP contribution in [0.2, 0.25) is 5.02 Å². The van der Waals surface area contributed by atoms with Gasteiger partial charge in [-0.2, -0.15) is 0 Å².